The van der Waals surface area contributed by atoms with Gasteiger partial charge in [0, 0.05) is 51.4 Å². The molecular weight excluding hydrogens is 510 g/mol. The third-order valence-electron chi connectivity index (χ3n) is 7.81. The molecule has 2 bridgehead atoms. The van der Waals surface area contributed by atoms with E-state index in [1.807, 2.05) is 31.2 Å². The van der Waals surface area contributed by atoms with Crippen molar-refractivity contribution in [2.24, 2.45) is 13.0 Å². The molecule has 0 spiro atoms. The number of carbonyl (C=O) groups excluding carboxylic acids is 3. The average Bonchev–Trinajstić information content (AvgIpc) is 3.53. The van der Waals surface area contributed by atoms with Crippen LogP contribution in [0.3, 0.4) is 0 Å². The zero-order chi connectivity index (χ0) is 28.4. The van der Waals surface area contributed by atoms with Crippen LogP contribution in [0.4, 0.5) is 0 Å². The van der Waals surface area contributed by atoms with E-state index in [0.29, 0.717) is 67.6 Å². The number of fused-ring (bicyclic) bond motifs is 4. The van der Waals surface area contributed by atoms with E-state index in [2.05, 4.69) is 20.4 Å². The number of rotatable bonds is 2. The summed E-state index contributed by atoms with van der Waals surface area (Å²) < 4.78 is 7.72. The summed E-state index contributed by atoms with van der Waals surface area (Å²) in [5.41, 5.74) is 3.92. The number of hydrogen-bond acceptors (Lipinski definition) is 7. The molecule has 2 aliphatic rings. The van der Waals surface area contributed by atoms with Gasteiger partial charge in [-0.1, -0.05) is 12.1 Å². The number of ether oxygens (including phenoxy) is 1. The van der Waals surface area contributed by atoms with Crippen molar-refractivity contribution in [2.45, 2.75) is 33.1 Å². The molecular formula is C29H35N7O4. The number of amides is 3. The highest BCUT2D eigenvalue weighted by molar-refractivity contribution is 5.97. The molecule has 0 radical (unpaired) electrons. The number of aryl methyl sites for hydroxylation is 4. The molecule has 1 saturated heterocycles. The Balaban J connectivity index is 1.39. The van der Waals surface area contributed by atoms with Crippen molar-refractivity contribution in [1.82, 2.24) is 34.9 Å². The highest BCUT2D eigenvalue weighted by Gasteiger charge is 2.41. The molecule has 2 atom stereocenters. The van der Waals surface area contributed by atoms with Gasteiger partial charge in [0.25, 0.3) is 11.8 Å². The van der Waals surface area contributed by atoms with Crippen LogP contribution >= 0.6 is 0 Å². The predicted octanol–water partition coefficient (Wildman–Crippen LogP) is 2.03. The topological polar surface area (TPSA) is 123 Å². The molecule has 0 aliphatic carbocycles. The van der Waals surface area contributed by atoms with Gasteiger partial charge >= 0.3 is 0 Å². The Bertz CT molecular complexity index is 1400. The lowest BCUT2D eigenvalue weighted by molar-refractivity contribution is -0.125. The van der Waals surface area contributed by atoms with Crippen molar-refractivity contribution in [1.29, 1.82) is 0 Å². The van der Waals surface area contributed by atoms with Crippen LogP contribution in [0.1, 0.15) is 55.8 Å². The van der Waals surface area contributed by atoms with Gasteiger partial charge in [0.15, 0.2) is 5.69 Å². The largest absolute Gasteiger partial charge is 0.494 e. The quantitative estimate of drug-likeness (QED) is 0.523. The van der Waals surface area contributed by atoms with Gasteiger partial charge in [0.05, 0.1) is 29.5 Å². The van der Waals surface area contributed by atoms with E-state index in [1.165, 1.54) is 6.33 Å². The number of likely N-dealkylation sites (tertiary alicyclic amines) is 1. The first-order valence-electron chi connectivity index (χ1n) is 13.6. The molecule has 3 aromatic rings. The third kappa shape index (κ3) is 5.54. The minimum Gasteiger partial charge on any atom is -0.494 e. The van der Waals surface area contributed by atoms with Gasteiger partial charge in [-0.3, -0.25) is 19.1 Å². The van der Waals surface area contributed by atoms with Gasteiger partial charge in [-0.25, -0.2) is 9.97 Å². The van der Waals surface area contributed by atoms with E-state index in [0.717, 1.165) is 11.3 Å². The van der Waals surface area contributed by atoms with Crippen LogP contribution in [0.25, 0.3) is 0 Å². The minimum atomic E-state index is -0.463. The van der Waals surface area contributed by atoms with E-state index in [-0.39, 0.29) is 30.2 Å². The fourth-order valence-corrected chi connectivity index (χ4v) is 5.50. The van der Waals surface area contributed by atoms with Gasteiger partial charge in [-0.2, -0.15) is 5.10 Å². The molecule has 1 fully saturated rings. The average molecular weight is 546 g/mol. The molecule has 11 heteroatoms. The monoisotopic (exact) mass is 545 g/mol. The second-order valence-electron chi connectivity index (χ2n) is 10.5. The summed E-state index contributed by atoms with van der Waals surface area (Å²) in [6.45, 7) is 7.67. The van der Waals surface area contributed by atoms with Crippen molar-refractivity contribution in [3.05, 3.63) is 70.6 Å². The molecule has 40 heavy (non-hydrogen) atoms. The van der Waals surface area contributed by atoms with Crippen molar-refractivity contribution >= 4 is 17.7 Å². The minimum absolute atomic E-state index is 0.150. The Hall–Kier alpha value is -4.28. The number of aromatic nitrogens is 4. The van der Waals surface area contributed by atoms with Crippen LogP contribution in [0, 0.1) is 26.7 Å². The summed E-state index contributed by atoms with van der Waals surface area (Å²) in [4.78, 5) is 52.3. The molecule has 1 aromatic carbocycles. The number of carbonyl (C=O) groups is 3. The van der Waals surface area contributed by atoms with Gasteiger partial charge < -0.3 is 19.9 Å². The fraction of sp³-hybridized carbons (Fsp3) is 0.448. The van der Waals surface area contributed by atoms with Gasteiger partial charge in [0.1, 0.15) is 12.1 Å². The first-order chi connectivity index (χ1) is 19.2. The first-order valence-corrected chi connectivity index (χ1v) is 13.6. The van der Waals surface area contributed by atoms with Crippen LogP contribution in [0.5, 0.6) is 5.75 Å². The Morgan fingerprint density at radius 2 is 1.73 bits per heavy atom. The summed E-state index contributed by atoms with van der Waals surface area (Å²) in [6.07, 6.45) is 2.08. The maximum Gasteiger partial charge on any atom is 0.274 e. The van der Waals surface area contributed by atoms with Crippen molar-refractivity contribution in [2.75, 3.05) is 39.3 Å². The summed E-state index contributed by atoms with van der Waals surface area (Å²) >= 11 is 0. The Labute approximate surface area is 233 Å². The third-order valence-corrected chi connectivity index (χ3v) is 7.81. The van der Waals surface area contributed by atoms with Gasteiger partial charge in [0.2, 0.25) is 5.91 Å². The second-order valence-corrected chi connectivity index (χ2v) is 10.5. The van der Waals surface area contributed by atoms with E-state index >= 15 is 0 Å². The van der Waals surface area contributed by atoms with Crippen molar-refractivity contribution < 1.29 is 19.1 Å². The normalized spacial score (nSPS) is 19.9. The molecule has 3 amide bonds. The SMILES string of the molecule is Cc1ncnc(C)c1C(=O)N1C[C@@H]2C(=O)NCCN(C(=O)c3cc(C)n(C)n3)CCCOc3cccc(c3)[C@H]2C1. The van der Waals surface area contributed by atoms with Crippen LogP contribution in [0.15, 0.2) is 36.7 Å². The standard InChI is InChI=1S/C29H35N7O4/c1-18-13-25(33-34(18)4)28(38)35-10-6-12-40-22-8-5-7-21(14-22)23-15-36(16-24(23)27(37)30-9-11-35)29(39)26-19(2)31-17-32-20(26)3/h5,7-8,13-14,17,23-24H,6,9-12,15-16H2,1-4H3,(H,30,37)/t23-,24+/m1/s1. The summed E-state index contributed by atoms with van der Waals surface area (Å²) in [6, 6.07) is 9.50. The van der Waals surface area contributed by atoms with Crippen molar-refractivity contribution in [3.8, 4) is 5.75 Å². The Morgan fingerprint density at radius 1 is 0.975 bits per heavy atom. The van der Waals surface area contributed by atoms with E-state index in [1.54, 1.807) is 41.4 Å². The zero-order valence-electron chi connectivity index (χ0n) is 23.4. The molecule has 4 heterocycles. The summed E-state index contributed by atoms with van der Waals surface area (Å²) in [5.74, 6) is -0.491. The lowest BCUT2D eigenvalue weighted by atomic mass is 9.88. The van der Waals surface area contributed by atoms with Crippen molar-refractivity contribution in [3.63, 3.8) is 0 Å². The molecule has 5 rings (SSSR count). The zero-order valence-corrected chi connectivity index (χ0v) is 23.4. The Morgan fingerprint density at radius 3 is 2.45 bits per heavy atom. The molecule has 0 unspecified atom stereocenters. The first kappa shape index (κ1) is 27.3. The summed E-state index contributed by atoms with van der Waals surface area (Å²) in [5, 5.41) is 7.38. The van der Waals surface area contributed by atoms with Crippen LogP contribution in [-0.2, 0) is 11.8 Å². The number of hydrogen-bond donors (Lipinski definition) is 1. The lowest BCUT2D eigenvalue weighted by Gasteiger charge is -2.24. The van der Waals surface area contributed by atoms with Crippen LogP contribution in [0.2, 0.25) is 0 Å². The van der Waals surface area contributed by atoms with E-state index in [9.17, 15) is 14.4 Å². The van der Waals surface area contributed by atoms with E-state index in [4.69, 9.17) is 4.74 Å². The highest BCUT2D eigenvalue weighted by Crippen LogP contribution is 2.35. The molecule has 210 valence electrons. The molecule has 0 saturated carbocycles. The second kappa shape index (κ2) is 11.4. The number of nitrogens with zero attached hydrogens (tertiary/aromatic N) is 6. The van der Waals surface area contributed by atoms with Crippen LogP contribution in [-0.4, -0.2) is 86.6 Å². The molecule has 11 nitrogen and oxygen atoms in total. The maximum atomic E-state index is 13.6. The molecule has 1 N–H and O–H groups in total. The molecule has 2 aliphatic heterocycles. The summed E-state index contributed by atoms with van der Waals surface area (Å²) in [7, 11) is 1.80. The van der Waals surface area contributed by atoms with Gasteiger partial charge in [-0.05, 0) is 51.0 Å². The lowest BCUT2D eigenvalue weighted by Crippen LogP contribution is -2.42. The number of nitrogens with one attached hydrogen (secondary N) is 1. The van der Waals surface area contributed by atoms with Gasteiger partial charge in [-0.15, -0.1) is 0 Å². The highest BCUT2D eigenvalue weighted by atomic mass is 16.5. The predicted molar refractivity (Wildman–Crippen MR) is 147 cm³/mol. The Kier molecular flexibility index (Phi) is 7.81. The smallest absolute Gasteiger partial charge is 0.274 e. The molecule has 2 aromatic heterocycles. The van der Waals surface area contributed by atoms with Crippen LogP contribution < -0.4 is 10.1 Å². The number of benzene rings is 1. The maximum absolute atomic E-state index is 13.6. The fourth-order valence-electron chi connectivity index (χ4n) is 5.50. The van der Waals surface area contributed by atoms with E-state index < -0.39 is 5.92 Å².